The number of nitrogens with zero attached hydrogens (tertiary/aromatic N) is 4. The molecular weight excluding hydrogens is 434 g/mol. The van der Waals surface area contributed by atoms with Gasteiger partial charge in [-0.15, -0.1) is 0 Å². The summed E-state index contributed by atoms with van der Waals surface area (Å²) in [4.78, 5) is 18.1. The molecule has 1 saturated carbocycles. The van der Waals surface area contributed by atoms with E-state index in [0.29, 0.717) is 23.8 Å². The third kappa shape index (κ3) is 5.34. The van der Waals surface area contributed by atoms with Crippen molar-refractivity contribution in [1.29, 1.82) is 0 Å². The second kappa shape index (κ2) is 10.8. The number of piperidine rings is 1. The van der Waals surface area contributed by atoms with Crippen molar-refractivity contribution in [1.82, 2.24) is 24.9 Å². The normalized spacial score (nSPS) is 22.5. The van der Waals surface area contributed by atoms with Gasteiger partial charge >= 0.3 is 0 Å². The molecule has 2 heterocycles. The fourth-order valence-corrected chi connectivity index (χ4v) is 6.76. The first-order valence-electron chi connectivity index (χ1n) is 13.9. The summed E-state index contributed by atoms with van der Waals surface area (Å²) in [5.74, 6) is 0.0309. The molecule has 1 unspecified atom stereocenters. The summed E-state index contributed by atoms with van der Waals surface area (Å²) in [6.07, 6.45) is 13.9. The van der Waals surface area contributed by atoms with E-state index in [1.165, 1.54) is 70.2 Å². The van der Waals surface area contributed by atoms with Crippen LogP contribution in [0.25, 0.3) is 0 Å². The van der Waals surface area contributed by atoms with Crippen molar-refractivity contribution in [3.8, 4) is 0 Å². The first-order chi connectivity index (χ1) is 17.1. The molecule has 2 aliphatic carbocycles. The number of fused-ring (bicyclic) bond motifs is 1. The summed E-state index contributed by atoms with van der Waals surface area (Å²) >= 11 is 0. The lowest BCUT2D eigenvalue weighted by atomic mass is 9.78. The molecule has 2 fully saturated rings. The summed E-state index contributed by atoms with van der Waals surface area (Å²) < 4.78 is 1.95. The van der Waals surface area contributed by atoms with Gasteiger partial charge in [-0.3, -0.25) is 14.4 Å². The van der Waals surface area contributed by atoms with Crippen LogP contribution in [-0.2, 0) is 26.4 Å². The lowest BCUT2D eigenvalue weighted by Crippen LogP contribution is -2.59. The Hall–Kier alpha value is -2.18. The maximum absolute atomic E-state index is 13.4. The van der Waals surface area contributed by atoms with Gasteiger partial charge in [0, 0.05) is 50.0 Å². The molecule has 35 heavy (non-hydrogen) atoms. The predicted molar refractivity (Wildman–Crippen MR) is 141 cm³/mol. The number of hydrogen-bond acceptors (Lipinski definition) is 4. The summed E-state index contributed by atoms with van der Waals surface area (Å²) in [6, 6.07) is 10.6. The van der Waals surface area contributed by atoms with Gasteiger partial charge in [-0.2, -0.15) is 5.10 Å². The van der Waals surface area contributed by atoms with E-state index in [4.69, 9.17) is 5.10 Å². The summed E-state index contributed by atoms with van der Waals surface area (Å²) in [7, 11) is 3.88. The molecule has 1 saturated heterocycles. The van der Waals surface area contributed by atoms with Crippen LogP contribution in [0, 0.1) is 0 Å². The summed E-state index contributed by atoms with van der Waals surface area (Å²) in [6.45, 7) is 4.23. The maximum atomic E-state index is 13.4. The number of aromatic nitrogens is 2. The van der Waals surface area contributed by atoms with Gasteiger partial charge in [0.1, 0.15) is 0 Å². The smallest absolute Gasteiger partial charge is 0.274 e. The lowest BCUT2D eigenvalue weighted by Gasteiger charge is -2.49. The van der Waals surface area contributed by atoms with Crippen molar-refractivity contribution in [2.24, 2.45) is 7.05 Å². The molecule has 1 aliphatic heterocycles. The Balaban J connectivity index is 1.27. The average Bonchev–Trinajstić information content (AvgIpc) is 3.24. The molecule has 1 atom stereocenters. The Morgan fingerprint density at radius 3 is 2.54 bits per heavy atom. The minimum Gasteiger partial charge on any atom is -0.336 e. The third-order valence-electron chi connectivity index (χ3n) is 8.80. The van der Waals surface area contributed by atoms with Crippen molar-refractivity contribution in [2.75, 3.05) is 26.7 Å². The summed E-state index contributed by atoms with van der Waals surface area (Å²) in [5, 5.41) is 8.73. The van der Waals surface area contributed by atoms with Gasteiger partial charge in [0.05, 0.1) is 0 Å². The molecule has 6 heteroatoms. The van der Waals surface area contributed by atoms with E-state index in [1.807, 2.05) is 41.9 Å². The number of rotatable bonds is 7. The molecule has 1 aromatic carbocycles. The zero-order valence-corrected chi connectivity index (χ0v) is 21.8. The van der Waals surface area contributed by atoms with Crippen LogP contribution in [0.1, 0.15) is 85.1 Å². The second-order valence-electron chi connectivity index (χ2n) is 11.2. The molecule has 0 bridgehead atoms. The molecule has 190 valence electrons. The van der Waals surface area contributed by atoms with E-state index in [1.54, 1.807) is 0 Å². The highest BCUT2D eigenvalue weighted by molar-refractivity contribution is 5.94. The van der Waals surface area contributed by atoms with Crippen molar-refractivity contribution >= 4 is 5.91 Å². The molecule has 1 amide bonds. The molecule has 1 N–H and O–H groups in total. The standard InChI is InChI=1S/C29H43N5O/c1-32(21-23-12-6-3-7-13-23)28(35)27-25-20-24(14-15-26(25)33(2)31-27)30-22-29(16-8-4-9-17-29)34-18-10-5-11-19-34/h3,6-7,12-13,24,30H,4-5,8-11,14-22H2,1-2H3. The highest BCUT2D eigenvalue weighted by atomic mass is 16.2. The number of amides is 1. The molecule has 2 aromatic rings. The number of nitrogens with one attached hydrogen (secondary N) is 1. The Morgan fingerprint density at radius 2 is 1.80 bits per heavy atom. The number of likely N-dealkylation sites (tertiary alicyclic amines) is 1. The van der Waals surface area contributed by atoms with Crippen molar-refractivity contribution in [2.45, 2.75) is 88.8 Å². The van der Waals surface area contributed by atoms with E-state index in [2.05, 4.69) is 22.3 Å². The summed E-state index contributed by atoms with van der Waals surface area (Å²) in [5.41, 5.74) is 4.53. The van der Waals surface area contributed by atoms with E-state index in [-0.39, 0.29) is 5.91 Å². The average molecular weight is 478 g/mol. The Bertz CT molecular complexity index is 988. The van der Waals surface area contributed by atoms with Crippen LogP contribution >= 0.6 is 0 Å². The van der Waals surface area contributed by atoms with Crippen molar-refractivity contribution < 1.29 is 4.79 Å². The van der Waals surface area contributed by atoms with Crippen molar-refractivity contribution in [3.05, 3.63) is 52.8 Å². The molecule has 1 aromatic heterocycles. The second-order valence-corrected chi connectivity index (χ2v) is 11.2. The third-order valence-corrected chi connectivity index (χ3v) is 8.80. The molecule has 0 radical (unpaired) electrons. The van der Waals surface area contributed by atoms with Crippen LogP contribution in [0.15, 0.2) is 30.3 Å². The zero-order chi connectivity index (χ0) is 24.3. The molecule has 6 nitrogen and oxygen atoms in total. The van der Waals surface area contributed by atoms with E-state index >= 15 is 0 Å². The first kappa shape index (κ1) is 24.5. The Labute approximate surface area is 211 Å². The van der Waals surface area contributed by atoms with Gasteiger partial charge in [-0.05, 0) is 63.6 Å². The van der Waals surface area contributed by atoms with Crippen LogP contribution in [0.2, 0.25) is 0 Å². The van der Waals surface area contributed by atoms with Crippen LogP contribution in [0.3, 0.4) is 0 Å². The quantitative estimate of drug-likeness (QED) is 0.645. The van der Waals surface area contributed by atoms with Crippen LogP contribution in [-0.4, -0.2) is 63.8 Å². The molecule has 3 aliphatic rings. The fraction of sp³-hybridized carbons (Fsp3) is 0.655. The fourth-order valence-electron chi connectivity index (χ4n) is 6.76. The zero-order valence-electron chi connectivity index (χ0n) is 21.8. The topological polar surface area (TPSA) is 53.4 Å². The van der Waals surface area contributed by atoms with Gasteiger partial charge in [0.15, 0.2) is 5.69 Å². The van der Waals surface area contributed by atoms with Gasteiger partial charge in [-0.25, -0.2) is 0 Å². The minimum atomic E-state index is 0.0309. The number of hydrogen-bond donors (Lipinski definition) is 1. The van der Waals surface area contributed by atoms with Crippen LogP contribution < -0.4 is 5.32 Å². The Kier molecular flexibility index (Phi) is 7.59. The van der Waals surface area contributed by atoms with Crippen molar-refractivity contribution in [3.63, 3.8) is 0 Å². The van der Waals surface area contributed by atoms with Crippen LogP contribution in [0.4, 0.5) is 0 Å². The lowest BCUT2D eigenvalue weighted by molar-refractivity contribution is 0.0310. The van der Waals surface area contributed by atoms with E-state index in [9.17, 15) is 4.79 Å². The van der Waals surface area contributed by atoms with Gasteiger partial charge < -0.3 is 10.2 Å². The van der Waals surface area contributed by atoms with Gasteiger partial charge in [-0.1, -0.05) is 56.0 Å². The predicted octanol–water partition coefficient (Wildman–Crippen LogP) is 4.33. The number of benzene rings is 1. The van der Waals surface area contributed by atoms with E-state index in [0.717, 1.165) is 36.9 Å². The Morgan fingerprint density at radius 1 is 1.09 bits per heavy atom. The van der Waals surface area contributed by atoms with Gasteiger partial charge in [0.2, 0.25) is 0 Å². The maximum Gasteiger partial charge on any atom is 0.274 e. The monoisotopic (exact) mass is 477 g/mol. The van der Waals surface area contributed by atoms with Gasteiger partial charge in [0.25, 0.3) is 5.91 Å². The first-order valence-corrected chi connectivity index (χ1v) is 13.9. The van der Waals surface area contributed by atoms with Crippen LogP contribution in [0.5, 0.6) is 0 Å². The minimum absolute atomic E-state index is 0.0309. The number of aryl methyl sites for hydroxylation is 1. The molecule has 5 rings (SSSR count). The highest BCUT2D eigenvalue weighted by Crippen LogP contribution is 2.36. The molecule has 0 spiro atoms. The highest BCUT2D eigenvalue weighted by Gasteiger charge is 2.39. The molecular formula is C29H43N5O. The largest absolute Gasteiger partial charge is 0.336 e. The SMILES string of the molecule is CN(Cc1ccccc1)C(=O)c1nn(C)c2c1CC(NCC1(N3CCCCC3)CCCCC1)CC2. The number of carbonyl (C=O) groups is 1. The number of carbonyl (C=O) groups excluding carboxylic acids is 1. The van der Waals surface area contributed by atoms with E-state index < -0.39 is 0 Å².